The van der Waals surface area contributed by atoms with Crippen LogP contribution in [0, 0.1) is 40.4 Å². The fourth-order valence-electron chi connectivity index (χ4n) is 9.59. The van der Waals surface area contributed by atoms with Gasteiger partial charge in [0.2, 0.25) is 0 Å². The fraction of sp³-hybridized carbons (Fsp3) is 0.767. The maximum Gasteiger partial charge on any atom is 0.159 e. The molecule has 0 saturated heterocycles. The number of carbonyl (C=O) groups excluding carboxylic acids is 1. The smallest absolute Gasteiger partial charge is 0.159 e. The lowest BCUT2D eigenvalue weighted by molar-refractivity contribution is -0.178. The second-order valence-corrected chi connectivity index (χ2v) is 13.7. The van der Waals surface area contributed by atoms with Crippen LogP contribution in [0.5, 0.6) is 0 Å². The van der Waals surface area contributed by atoms with Gasteiger partial charge in [0, 0.05) is 17.5 Å². The van der Waals surface area contributed by atoms with E-state index in [1.165, 1.54) is 19.3 Å². The van der Waals surface area contributed by atoms with Crippen molar-refractivity contribution in [2.75, 3.05) is 13.2 Å². The number of aromatic nitrogens is 3. The Morgan fingerprint density at radius 2 is 1.89 bits per heavy atom. The monoisotopic (exact) mass is 527 g/mol. The number of benzene rings is 1. The van der Waals surface area contributed by atoms with E-state index in [1.54, 1.807) is 10.9 Å². The molecule has 6 nitrogen and oxygen atoms in total. The van der Waals surface area contributed by atoms with Crippen molar-refractivity contribution in [1.82, 2.24) is 15.0 Å². The lowest BCUT2D eigenvalue weighted by Gasteiger charge is -2.62. The number of ether oxygens (including phenoxy) is 1. The molecule has 4 fully saturated rings. The van der Waals surface area contributed by atoms with Crippen LogP contribution in [0.3, 0.4) is 0 Å². The van der Waals surface area contributed by atoms with Crippen molar-refractivity contribution >= 4 is 28.4 Å². The van der Waals surface area contributed by atoms with Gasteiger partial charge in [-0.1, -0.05) is 18.5 Å². The van der Waals surface area contributed by atoms with Crippen LogP contribution in [0.15, 0.2) is 18.2 Å². The number of Topliss-reactive ketones (excluding diaryl/α,β-unsaturated/α-hetero) is 1. The van der Waals surface area contributed by atoms with Crippen LogP contribution in [-0.2, 0) is 16.1 Å². The predicted molar refractivity (Wildman–Crippen MR) is 144 cm³/mol. The zero-order valence-electron chi connectivity index (χ0n) is 22.6. The lowest BCUT2D eigenvalue weighted by Crippen LogP contribution is -2.58. The second-order valence-electron chi connectivity index (χ2n) is 13.2. The van der Waals surface area contributed by atoms with Gasteiger partial charge in [-0.05, 0) is 124 Å². The number of halogens is 1. The molecule has 0 amide bonds. The quantitative estimate of drug-likeness (QED) is 0.492. The molecule has 4 aliphatic carbocycles. The molecule has 1 N–H and O–H groups in total. The van der Waals surface area contributed by atoms with Crippen molar-refractivity contribution in [2.45, 2.75) is 90.7 Å². The minimum atomic E-state index is -0.544. The Labute approximate surface area is 225 Å². The van der Waals surface area contributed by atoms with Crippen molar-refractivity contribution in [1.29, 1.82) is 0 Å². The van der Waals surface area contributed by atoms with Crippen molar-refractivity contribution in [3.63, 3.8) is 0 Å². The summed E-state index contributed by atoms with van der Waals surface area (Å²) in [4.78, 5) is 15.3. The van der Waals surface area contributed by atoms with Gasteiger partial charge < -0.3 is 9.84 Å². The molecule has 1 aromatic carbocycles. The molecule has 6 rings (SSSR count). The Kier molecular flexibility index (Phi) is 6.48. The van der Waals surface area contributed by atoms with Gasteiger partial charge in [-0.15, -0.1) is 0 Å². The summed E-state index contributed by atoms with van der Waals surface area (Å²) in [6.07, 6.45) is 9.67. The first-order valence-corrected chi connectivity index (χ1v) is 14.9. The Hall–Kier alpha value is -1.50. The second kappa shape index (κ2) is 9.31. The van der Waals surface area contributed by atoms with E-state index in [4.69, 9.17) is 16.3 Å². The Morgan fingerprint density at radius 3 is 2.70 bits per heavy atom. The summed E-state index contributed by atoms with van der Waals surface area (Å²) in [5.74, 6) is 2.78. The molecule has 4 saturated carbocycles. The predicted octanol–water partition coefficient (Wildman–Crippen LogP) is 6.08. The molecule has 0 radical (unpaired) electrons. The minimum absolute atomic E-state index is 0.0495. The minimum Gasteiger partial charge on any atom is -0.390 e. The van der Waals surface area contributed by atoms with Crippen molar-refractivity contribution < 1.29 is 14.6 Å². The number of carbonyl (C=O) groups is 1. The molecule has 37 heavy (non-hydrogen) atoms. The SMILES string of the molecule is CCOC[C@]12CC[C@@](C)(O)C[C@@H]1CC[C@H]1[C@@H]3CC[C@H](C(=O)Cn4nc5ccc(Cl)cc5n4)[C@@]3(C)CC[C@@H]12. The molecule has 202 valence electrons. The van der Waals surface area contributed by atoms with Crippen LogP contribution in [0.2, 0.25) is 5.02 Å². The first-order valence-electron chi connectivity index (χ1n) is 14.5. The highest BCUT2D eigenvalue weighted by molar-refractivity contribution is 6.31. The van der Waals surface area contributed by atoms with Crippen molar-refractivity contribution in [3.8, 4) is 0 Å². The van der Waals surface area contributed by atoms with Gasteiger partial charge in [0.15, 0.2) is 5.78 Å². The fourth-order valence-corrected chi connectivity index (χ4v) is 9.75. The van der Waals surface area contributed by atoms with Gasteiger partial charge in [0.1, 0.15) is 17.6 Å². The van der Waals surface area contributed by atoms with E-state index in [1.807, 2.05) is 19.1 Å². The molecule has 2 aromatic rings. The van der Waals surface area contributed by atoms with Gasteiger partial charge in [0.25, 0.3) is 0 Å². The van der Waals surface area contributed by atoms with E-state index >= 15 is 0 Å². The van der Waals surface area contributed by atoms with Gasteiger partial charge in [0.05, 0.1) is 12.2 Å². The molecule has 0 aliphatic heterocycles. The summed E-state index contributed by atoms with van der Waals surface area (Å²) in [5.41, 5.74) is 1.20. The number of hydrogen-bond acceptors (Lipinski definition) is 5. The van der Waals surface area contributed by atoms with E-state index < -0.39 is 5.60 Å². The zero-order valence-corrected chi connectivity index (χ0v) is 23.3. The molecule has 0 unspecified atom stereocenters. The summed E-state index contributed by atoms with van der Waals surface area (Å²) in [7, 11) is 0. The molecule has 0 spiro atoms. The summed E-state index contributed by atoms with van der Waals surface area (Å²) < 4.78 is 6.18. The summed E-state index contributed by atoms with van der Waals surface area (Å²) in [6.45, 7) is 8.35. The molecule has 1 heterocycles. The highest BCUT2D eigenvalue weighted by Gasteiger charge is 2.63. The third kappa shape index (κ3) is 4.26. The standard InChI is InChI=1S/C30H42ClN3O3/c1-4-37-18-30-14-13-28(2,36)16-19(30)5-7-21-22-8-9-24(29(22,3)12-11-23(21)30)27(35)17-34-32-25-10-6-20(31)15-26(25)33-34/h6,10,15,19,21-24,36H,4-5,7-9,11-14,16-18H2,1-3H3/t19-,21-,22-,23-,24+,28+,29-,30+/m0/s1. The molecule has 8 atom stereocenters. The number of hydrogen-bond donors (Lipinski definition) is 1. The molecular weight excluding hydrogens is 486 g/mol. The van der Waals surface area contributed by atoms with Crippen molar-refractivity contribution in [3.05, 3.63) is 23.2 Å². The van der Waals surface area contributed by atoms with E-state index in [-0.39, 0.29) is 29.1 Å². The summed E-state index contributed by atoms with van der Waals surface area (Å²) in [5, 5.41) is 20.6. The van der Waals surface area contributed by atoms with Crippen LogP contribution in [-0.4, -0.2) is 44.7 Å². The normalized spacial score (nSPS) is 41.3. The summed E-state index contributed by atoms with van der Waals surface area (Å²) in [6, 6.07) is 5.48. The van der Waals surface area contributed by atoms with Gasteiger partial charge in [-0.2, -0.15) is 15.0 Å². The van der Waals surface area contributed by atoms with Crippen molar-refractivity contribution in [2.24, 2.45) is 40.4 Å². The first-order chi connectivity index (χ1) is 17.6. The molecular formula is C30H42ClN3O3. The van der Waals surface area contributed by atoms with E-state index in [9.17, 15) is 9.90 Å². The Bertz CT molecular complexity index is 1180. The topological polar surface area (TPSA) is 77.2 Å². The summed E-state index contributed by atoms with van der Waals surface area (Å²) >= 11 is 6.12. The van der Waals surface area contributed by atoms with E-state index in [0.717, 1.165) is 62.8 Å². The van der Waals surface area contributed by atoms with Crippen LogP contribution < -0.4 is 0 Å². The van der Waals surface area contributed by atoms with Crippen LogP contribution in [0.4, 0.5) is 0 Å². The maximum absolute atomic E-state index is 13.7. The van der Waals surface area contributed by atoms with Gasteiger partial charge in [-0.3, -0.25) is 4.79 Å². The average Bonchev–Trinajstić information content (AvgIpc) is 3.41. The van der Waals surface area contributed by atoms with E-state index in [0.29, 0.717) is 28.7 Å². The van der Waals surface area contributed by atoms with Crippen LogP contribution in [0.25, 0.3) is 11.0 Å². The lowest BCUT2D eigenvalue weighted by atomic mass is 9.43. The van der Waals surface area contributed by atoms with Crippen LogP contribution >= 0.6 is 11.6 Å². The van der Waals surface area contributed by atoms with Gasteiger partial charge in [-0.25, -0.2) is 0 Å². The number of ketones is 1. The zero-order chi connectivity index (χ0) is 26.0. The maximum atomic E-state index is 13.7. The third-order valence-corrected chi connectivity index (χ3v) is 11.5. The number of nitrogens with zero attached hydrogens (tertiary/aromatic N) is 3. The van der Waals surface area contributed by atoms with Crippen LogP contribution in [0.1, 0.15) is 78.6 Å². The Morgan fingerprint density at radius 1 is 1.08 bits per heavy atom. The average molecular weight is 528 g/mol. The third-order valence-electron chi connectivity index (χ3n) is 11.3. The molecule has 0 bridgehead atoms. The van der Waals surface area contributed by atoms with E-state index in [2.05, 4.69) is 24.0 Å². The Balaban J connectivity index is 1.22. The highest BCUT2D eigenvalue weighted by atomic mass is 35.5. The first kappa shape index (κ1) is 25.8. The number of fused-ring (bicyclic) bond motifs is 6. The number of aliphatic hydroxyl groups is 1. The largest absolute Gasteiger partial charge is 0.390 e. The van der Waals surface area contributed by atoms with Gasteiger partial charge >= 0.3 is 0 Å². The molecule has 1 aromatic heterocycles. The molecule has 4 aliphatic rings. The highest BCUT2D eigenvalue weighted by Crippen LogP contribution is 2.68. The number of rotatable bonds is 6. The molecule has 7 heteroatoms.